The highest BCUT2D eigenvalue weighted by atomic mass is 16.6. The molecule has 0 saturated carbocycles. The fourth-order valence-corrected chi connectivity index (χ4v) is 3.40. The van der Waals surface area contributed by atoms with Gasteiger partial charge in [0.25, 0.3) is 5.56 Å². The number of hydrogen-bond acceptors (Lipinski definition) is 7. The lowest BCUT2D eigenvalue weighted by atomic mass is 10.1. The number of nitrogens with one attached hydrogen (secondary N) is 2. The predicted molar refractivity (Wildman–Crippen MR) is 110 cm³/mol. The molecule has 2 amide bonds. The van der Waals surface area contributed by atoms with Gasteiger partial charge in [0.1, 0.15) is 18.7 Å². The molecule has 1 aliphatic rings. The van der Waals surface area contributed by atoms with Crippen LogP contribution in [0, 0.1) is 6.92 Å². The molecular formula is C19H29N5O7. The van der Waals surface area contributed by atoms with Crippen molar-refractivity contribution in [2.75, 3.05) is 26.7 Å². The van der Waals surface area contributed by atoms with Crippen LogP contribution in [0.1, 0.15) is 26.3 Å². The molecule has 1 aliphatic heterocycles. The van der Waals surface area contributed by atoms with Crippen LogP contribution in [0.15, 0.2) is 15.8 Å². The first-order valence-electron chi connectivity index (χ1n) is 9.76. The Morgan fingerprint density at radius 3 is 2.52 bits per heavy atom. The molecule has 2 rings (SSSR count). The van der Waals surface area contributed by atoms with E-state index >= 15 is 0 Å². The number of carboxylic acids is 1. The monoisotopic (exact) mass is 439 g/mol. The number of aromatic amines is 1. The maximum Gasteiger partial charge on any atom is 0.407 e. The van der Waals surface area contributed by atoms with E-state index in [2.05, 4.69) is 10.3 Å². The number of likely N-dealkylation sites (tertiary alicyclic amines) is 1. The topological polar surface area (TPSA) is 154 Å². The number of aryl methyl sites for hydroxylation is 1. The minimum atomic E-state index is -1.23. The third kappa shape index (κ3) is 6.67. The zero-order chi connectivity index (χ0) is 23.5. The molecule has 0 aromatic carbocycles. The number of alkyl carbamates (subject to hydrolysis) is 1. The molecule has 1 aromatic rings. The highest BCUT2D eigenvalue weighted by molar-refractivity contribution is 5.82. The van der Waals surface area contributed by atoms with Gasteiger partial charge in [-0.1, -0.05) is 0 Å². The Morgan fingerprint density at radius 1 is 1.29 bits per heavy atom. The van der Waals surface area contributed by atoms with Crippen molar-refractivity contribution in [1.29, 1.82) is 0 Å². The number of carboxylic acid groups (broad SMARTS) is 1. The summed E-state index contributed by atoms with van der Waals surface area (Å²) in [6, 6.07) is -1.22. The van der Waals surface area contributed by atoms with Crippen LogP contribution in [-0.2, 0) is 20.9 Å². The van der Waals surface area contributed by atoms with E-state index in [1.165, 1.54) is 13.1 Å². The van der Waals surface area contributed by atoms with Gasteiger partial charge in [-0.15, -0.1) is 0 Å². The molecule has 1 aromatic heterocycles. The molecule has 12 nitrogen and oxygen atoms in total. The van der Waals surface area contributed by atoms with Gasteiger partial charge in [0, 0.05) is 24.8 Å². The first-order valence-corrected chi connectivity index (χ1v) is 9.76. The standard InChI is InChI=1S/C19H29N5O7/c1-11-6-23(17(29)21-16(11)28)9-14(25)24(10-15(26)27)13-8-22(5)7-12(13)20-18(30)31-19(2,3)4/h6,12-13H,7-10H2,1-5H3,(H,20,30)(H,26,27)(H,21,28,29)/t12-,13-/m0/s1. The van der Waals surface area contributed by atoms with Gasteiger partial charge in [0.2, 0.25) is 5.91 Å². The Kier molecular flexibility index (Phi) is 7.26. The van der Waals surface area contributed by atoms with Crippen molar-refractivity contribution in [2.45, 2.75) is 51.9 Å². The summed E-state index contributed by atoms with van der Waals surface area (Å²) in [5, 5.41) is 12.1. The fourth-order valence-electron chi connectivity index (χ4n) is 3.40. The van der Waals surface area contributed by atoms with Gasteiger partial charge < -0.3 is 25.0 Å². The molecule has 2 atom stereocenters. The summed E-state index contributed by atoms with van der Waals surface area (Å²) in [4.78, 5) is 65.3. The summed E-state index contributed by atoms with van der Waals surface area (Å²) < 4.78 is 6.29. The summed E-state index contributed by atoms with van der Waals surface area (Å²) in [7, 11) is 1.78. The third-order valence-corrected chi connectivity index (χ3v) is 4.69. The van der Waals surface area contributed by atoms with E-state index in [0.717, 1.165) is 9.47 Å². The fraction of sp³-hybridized carbons (Fsp3) is 0.632. The molecule has 0 radical (unpaired) electrons. The molecule has 1 fully saturated rings. The van der Waals surface area contributed by atoms with Crippen molar-refractivity contribution in [3.8, 4) is 0 Å². The Hall–Kier alpha value is -3.15. The first-order chi connectivity index (χ1) is 14.3. The number of hydrogen-bond donors (Lipinski definition) is 3. The van der Waals surface area contributed by atoms with Crippen molar-refractivity contribution < 1.29 is 24.2 Å². The van der Waals surface area contributed by atoms with Gasteiger partial charge in [0.05, 0.1) is 12.1 Å². The second-order valence-corrected chi connectivity index (χ2v) is 8.66. The molecular weight excluding hydrogens is 410 g/mol. The molecule has 1 saturated heterocycles. The Balaban J connectivity index is 2.26. The van der Waals surface area contributed by atoms with Gasteiger partial charge in [-0.25, -0.2) is 9.59 Å². The van der Waals surface area contributed by atoms with Crippen LogP contribution >= 0.6 is 0 Å². The number of carbonyl (C=O) groups is 3. The Morgan fingerprint density at radius 2 is 1.94 bits per heavy atom. The van der Waals surface area contributed by atoms with E-state index in [0.29, 0.717) is 13.1 Å². The van der Waals surface area contributed by atoms with Crippen molar-refractivity contribution >= 4 is 18.0 Å². The quantitative estimate of drug-likeness (QED) is 0.508. The average Bonchev–Trinajstić information content (AvgIpc) is 2.95. The van der Waals surface area contributed by atoms with E-state index in [9.17, 15) is 29.1 Å². The first kappa shape index (κ1) is 24.1. The highest BCUT2D eigenvalue weighted by Crippen LogP contribution is 2.17. The number of amides is 2. The van der Waals surface area contributed by atoms with Crippen molar-refractivity contribution in [2.24, 2.45) is 0 Å². The van der Waals surface area contributed by atoms with Crippen LogP contribution in [0.5, 0.6) is 0 Å². The largest absolute Gasteiger partial charge is 0.480 e. The second kappa shape index (κ2) is 9.33. The van der Waals surface area contributed by atoms with Crippen molar-refractivity contribution in [3.05, 3.63) is 32.6 Å². The van der Waals surface area contributed by atoms with Gasteiger partial charge >= 0.3 is 17.8 Å². The molecule has 2 heterocycles. The number of aliphatic carboxylic acids is 1. The minimum absolute atomic E-state index is 0.238. The normalized spacial score (nSPS) is 19.1. The lowest BCUT2D eigenvalue weighted by Gasteiger charge is -2.32. The van der Waals surface area contributed by atoms with Crippen molar-refractivity contribution in [3.63, 3.8) is 0 Å². The maximum atomic E-state index is 13.0. The Labute approximate surface area is 178 Å². The van der Waals surface area contributed by atoms with Crippen LogP contribution < -0.4 is 16.6 Å². The maximum absolute atomic E-state index is 13.0. The number of aromatic nitrogens is 2. The number of ether oxygens (including phenoxy) is 1. The van der Waals surface area contributed by atoms with Crippen LogP contribution in [0.3, 0.4) is 0 Å². The molecule has 172 valence electrons. The molecule has 31 heavy (non-hydrogen) atoms. The summed E-state index contributed by atoms with van der Waals surface area (Å²) in [6.07, 6.45) is 0.572. The molecule has 12 heteroatoms. The van der Waals surface area contributed by atoms with Crippen molar-refractivity contribution in [1.82, 2.24) is 24.7 Å². The van der Waals surface area contributed by atoms with Gasteiger partial charge in [-0.2, -0.15) is 0 Å². The number of H-pyrrole nitrogens is 1. The second-order valence-electron chi connectivity index (χ2n) is 8.66. The molecule has 0 bridgehead atoms. The van der Waals surface area contributed by atoms with E-state index in [1.54, 1.807) is 27.8 Å². The summed E-state index contributed by atoms with van der Waals surface area (Å²) in [5.74, 6) is -1.86. The highest BCUT2D eigenvalue weighted by Gasteiger charge is 2.39. The van der Waals surface area contributed by atoms with Crippen LogP contribution in [0.4, 0.5) is 4.79 Å². The lowest BCUT2D eigenvalue weighted by Crippen LogP contribution is -2.56. The SMILES string of the molecule is Cc1cn(CC(=O)N(CC(=O)O)[C@H]2CN(C)C[C@@H]2NC(=O)OC(C)(C)C)c(=O)[nH]c1=O. The minimum Gasteiger partial charge on any atom is -0.480 e. The van der Waals surface area contributed by atoms with E-state index in [1.807, 2.05) is 4.90 Å². The zero-order valence-corrected chi connectivity index (χ0v) is 18.3. The summed E-state index contributed by atoms with van der Waals surface area (Å²) in [5.41, 5.74) is -1.81. The summed E-state index contributed by atoms with van der Waals surface area (Å²) in [6.45, 7) is 6.27. The number of carbonyl (C=O) groups excluding carboxylic acids is 2. The van der Waals surface area contributed by atoms with Crippen LogP contribution in [-0.4, -0.2) is 86.8 Å². The molecule has 0 spiro atoms. The van der Waals surface area contributed by atoms with Gasteiger partial charge in [-0.3, -0.25) is 23.9 Å². The van der Waals surface area contributed by atoms with Crippen LogP contribution in [0.2, 0.25) is 0 Å². The van der Waals surface area contributed by atoms with Crippen LogP contribution in [0.25, 0.3) is 0 Å². The predicted octanol–water partition coefficient (Wildman–Crippen LogP) is -1.03. The molecule has 0 aliphatic carbocycles. The van der Waals surface area contributed by atoms with E-state index in [-0.39, 0.29) is 5.56 Å². The molecule has 3 N–H and O–H groups in total. The lowest BCUT2D eigenvalue weighted by molar-refractivity contribution is -0.146. The smallest absolute Gasteiger partial charge is 0.407 e. The number of nitrogens with zero attached hydrogens (tertiary/aromatic N) is 3. The zero-order valence-electron chi connectivity index (χ0n) is 18.3. The van der Waals surface area contributed by atoms with E-state index < -0.39 is 60.0 Å². The Bertz CT molecular complexity index is 962. The van der Waals surface area contributed by atoms with Gasteiger partial charge in [0.15, 0.2) is 0 Å². The summed E-state index contributed by atoms with van der Waals surface area (Å²) >= 11 is 0. The number of likely N-dealkylation sites (N-methyl/N-ethyl adjacent to an activating group) is 1. The third-order valence-electron chi connectivity index (χ3n) is 4.69. The van der Waals surface area contributed by atoms with Gasteiger partial charge in [-0.05, 0) is 34.7 Å². The number of rotatable bonds is 6. The molecule has 0 unspecified atom stereocenters. The average molecular weight is 439 g/mol. The van der Waals surface area contributed by atoms with E-state index in [4.69, 9.17) is 4.74 Å².